The summed E-state index contributed by atoms with van der Waals surface area (Å²) in [5, 5.41) is 12.1. The van der Waals surface area contributed by atoms with E-state index >= 15 is 0 Å². The van der Waals surface area contributed by atoms with Crippen LogP contribution in [0, 0.1) is 5.41 Å². The molecule has 0 aliphatic carbocycles. The highest BCUT2D eigenvalue weighted by Gasteiger charge is 2.37. The minimum atomic E-state index is -0.979. The van der Waals surface area contributed by atoms with Gasteiger partial charge in [0.15, 0.2) is 0 Å². The van der Waals surface area contributed by atoms with Crippen molar-refractivity contribution in [2.75, 3.05) is 0 Å². The SMILES string of the molecule is CCC(CC)(CC(=O)N[C@H](C)c1ccco1)C(=O)O. The minimum absolute atomic E-state index is 0.0135. The number of hydrogen-bond donors (Lipinski definition) is 2. The standard InChI is InChI=1S/C14H21NO4/c1-4-14(5-2,13(17)18)9-12(16)15-10(3)11-7-6-8-19-11/h6-8,10H,4-5,9H2,1-3H3,(H,15,16)(H,17,18)/t10-/m1/s1. The van der Waals surface area contributed by atoms with E-state index in [1.165, 1.54) is 6.26 Å². The van der Waals surface area contributed by atoms with Crippen LogP contribution in [-0.4, -0.2) is 17.0 Å². The Bertz CT molecular complexity index is 421. The van der Waals surface area contributed by atoms with Crippen LogP contribution in [0.25, 0.3) is 0 Å². The third-order valence-corrected chi connectivity index (χ3v) is 3.65. The lowest BCUT2D eigenvalue weighted by atomic mass is 9.79. The fourth-order valence-electron chi connectivity index (χ4n) is 2.09. The van der Waals surface area contributed by atoms with Crippen LogP contribution in [-0.2, 0) is 9.59 Å². The number of aliphatic carboxylic acids is 1. The Balaban J connectivity index is 2.66. The third-order valence-electron chi connectivity index (χ3n) is 3.65. The average Bonchev–Trinajstić information content (AvgIpc) is 2.89. The van der Waals surface area contributed by atoms with Crippen LogP contribution < -0.4 is 5.32 Å². The van der Waals surface area contributed by atoms with Crippen molar-refractivity contribution < 1.29 is 19.1 Å². The molecule has 0 aliphatic rings. The first-order chi connectivity index (χ1) is 8.95. The minimum Gasteiger partial charge on any atom is -0.481 e. The molecule has 19 heavy (non-hydrogen) atoms. The number of hydrogen-bond acceptors (Lipinski definition) is 3. The van der Waals surface area contributed by atoms with Gasteiger partial charge < -0.3 is 14.8 Å². The van der Waals surface area contributed by atoms with Gasteiger partial charge in [0.2, 0.25) is 5.91 Å². The summed E-state index contributed by atoms with van der Waals surface area (Å²) in [6, 6.07) is 3.26. The van der Waals surface area contributed by atoms with Crippen LogP contribution in [0.1, 0.15) is 51.8 Å². The molecule has 106 valence electrons. The molecule has 0 aliphatic heterocycles. The van der Waals surface area contributed by atoms with Crippen molar-refractivity contribution in [3.63, 3.8) is 0 Å². The van der Waals surface area contributed by atoms with Gasteiger partial charge >= 0.3 is 5.97 Å². The van der Waals surface area contributed by atoms with Gasteiger partial charge in [-0.15, -0.1) is 0 Å². The molecule has 0 bridgehead atoms. The van der Waals surface area contributed by atoms with Crippen molar-refractivity contribution >= 4 is 11.9 Å². The quantitative estimate of drug-likeness (QED) is 0.796. The summed E-state index contributed by atoms with van der Waals surface area (Å²) in [6.07, 6.45) is 2.39. The van der Waals surface area contributed by atoms with Crippen molar-refractivity contribution in [1.82, 2.24) is 5.32 Å². The monoisotopic (exact) mass is 267 g/mol. The van der Waals surface area contributed by atoms with Gasteiger partial charge in [-0.3, -0.25) is 9.59 Å². The van der Waals surface area contributed by atoms with Crippen LogP contribution in [0.2, 0.25) is 0 Å². The maximum atomic E-state index is 12.0. The smallest absolute Gasteiger partial charge is 0.310 e. The molecule has 1 aromatic rings. The van der Waals surface area contributed by atoms with Gasteiger partial charge in [-0.2, -0.15) is 0 Å². The first-order valence-corrected chi connectivity index (χ1v) is 6.51. The normalized spacial score (nSPS) is 13.0. The summed E-state index contributed by atoms with van der Waals surface area (Å²) in [5.74, 6) is -0.532. The van der Waals surface area contributed by atoms with Crippen molar-refractivity contribution in [2.24, 2.45) is 5.41 Å². The fourth-order valence-corrected chi connectivity index (χ4v) is 2.09. The highest BCUT2D eigenvalue weighted by molar-refractivity contribution is 5.85. The largest absolute Gasteiger partial charge is 0.481 e. The average molecular weight is 267 g/mol. The molecule has 1 heterocycles. The Morgan fingerprint density at radius 3 is 2.47 bits per heavy atom. The molecule has 1 amide bonds. The summed E-state index contributed by atoms with van der Waals surface area (Å²) >= 11 is 0. The number of amides is 1. The first-order valence-electron chi connectivity index (χ1n) is 6.51. The highest BCUT2D eigenvalue weighted by atomic mass is 16.4. The van der Waals surface area contributed by atoms with E-state index in [1.807, 2.05) is 0 Å². The van der Waals surface area contributed by atoms with Gasteiger partial charge in [0.25, 0.3) is 0 Å². The van der Waals surface area contributed by atoms with E-state index in [-0.39, 0.29) is 18.4 Å². The number of carbonyl (C=O) groups excluding carboxylic acids is 1. The predicted molar refractivity (Wildman–Crippen MR) is 70.5 cm³/mol. The van der Waals surface area contributed by atoms with Crippen molar-refractivity contribution in [2.45, 2.75) is 46.1 Å². The number of nitrogens with one attached hydrogen (secondary N) is 1. The maximum Gasteiger partial charge on any atom is 0.310 e. The molecule has 2 N–H and O–H groups in total. The van der Waals surface area contributed by atoms with Crippen LogP contribution >= 0.6 is 0 Å². The first kappa shape index (κ1) is 15.3. The number of furan rings is 1. The lowest BCUT2D eigenvalue weighted by molar-refractivity contribution is -0.152. The second-order valence-electron chi connectivity index (χ2n) is 4.77. The van der Waals surface area contributed by atoms with Crippen LogP contribution in [0.15, 0.2) is 22.8 Å². The van der Waals surface area contributed by atoms with E-state index in [0.717, 1.165) is 0 Å². The van der Waals surface area contributed by atoms with Crippen molar-refractivity contribution in [1.29, 1.82) is 0 Å². The molecular formula is C14H21NO4. The molecule has 0 saturated carbocycles. The zero-order valence-corrected chi connectivity index (χ0v) is 11.6. The molecule has 0 saturated heterocycles. The number of rotatable bonds is 7. The van der Waals surface area contributed by atoms with E-state index in [1.54, 1.807) is 32.9 Å². The van der Waals surface area contributed by atoms with E-state index in [2.05, 4.69) is 5.32 Å². The van der Waals surface area contributed by atoms with E-state index in [4.69, 9.17) is 4.42 Å². The van der Waals surface area contributed by atoms with Gasteiger partial charge in [-0.1, -0.05) is 13.8 Å². The topological polar surface area (TPSA) is 79.5 Å². The van der Waals surface area contributed by atoms with Gasteiger partial charge in [-0.05, 0) is 31.9 Å². The molecule has 1 aromatic heterocycles. The second-order valence-corrected chi connectivity index (χ2v) is 4.77. The summed E-state index contributed by atoms with van der Waals surface area (Å²) < 4.78 is 5.20. The van der Waals surface area contributed by atoms with E-state index in [9.17, 15) is 14.7 Å². The highest BCUT2D eigenvalue weighted by Crippen LogP contribution is 2.31. The molecule has 0 spiro atoms. The molecule has 1 atom stereocenters. The lowest BCUT2D eigenvalue weighted by Gasteiger charge is -2.26. The zero-order chi connectivity index (χ0) is 14.5. The molecule has 1 rings (SSSR count). The Morgan fingerprint density at radius 1 is 1.42 bits per heavy atom. The molecule has 5 heteroatoms. The molecule has 5 nitrogen and oxygen atoms in total. The Kier molecular flexibility index (Phi) is 5.15. The van der Waals surface area contributed by atoms with E-state index in [0.29, 0.717) is 18.6 Å². The molecule has 0 radical (unpaired) electrons. The number of carbonyl (C=O) groups is 2. The summed E-state index contributed by atoms with van der Waals surface area (Å²) in [7, 11) is 0. The second kappa shape index (κ2) is 6.41. The van der Waals surface area contributed by atoms with Crippen LogP contribution in [0.4, 0.5) is 0 Å². The van der Waals surface area contributed by atoms with Gasteiger partial charge in [-0.25, -0.2) is 0 Å². The van der Waals surface area contributed by atoms with Crippen molar-refractivity contribution in [3.8, 4) is 0 Å². The maximum absolute atomic E-state index is 12.0. The summed E-state index contributed by atoms with van der Waals surface area (Å²) in [6.45, 7) is 5.39. The predicted octanol–water partition coefficient (Wildman–Crippen LogP) is 2.74. The molecular weight excluding hydrogens is 246 g/mol. The van der Waals surface area contributed by atoms with Gasteiger partial charge in [0.05, 0.1) is 17.7 Å². The van der Waals surface area contributed by atoms with Crippen molar-refractivity contribution in [3.05, 3.63) is 24.2 Å². The van der Waals surface area contributed by atoms with Crippen LogP contribution in [0.5, 0.6) is 0 Å². The van der Waals surface area contributed by atoms with E-state index < -0.39 is 11.4 Å². The zero-order valence-electron chi connectivity index (χ0n) is 11.6. The van der Waals surface area contributed by atoms with Crippen LogP contribution in [0.3, 0.4) is 0 Å². The molecule has 0 fully saturated rings. The number of carboxylic acids is 1. The van der Waals surface area contributed by atoms with Gasteiger partial charge in [0.1, 0.15) is 5.76 Å². The Labute approximate surface area is 113 Å². The third kappa shape index (κ3) is 3.59. The lowest BCUT2D eigenvalue weighted by Crippen LogP contribution is -2.37. The summed E-state index contributed by atoms with van der Waals surface area (Å²) in [4.78, 5) is 23.3. The summed E-state index contributed by atoms with van der Waals surface area (Å²) in [5.41, 5.74) is -0.979. The fraction of sp³-hybridized carbons (Fsp3) is 0.571. The molecule has 0 unspecified atom stereocenters. The van der Waals surface area contributed by atoms with Gasteiger partial charge in [0, 0.05) is 6.42 Å². The Hall–Kier alpha value is -1.78. The Morgan fingerprint density at radius 2 is 2.05 bits per heavy atom. The molecule has 0 aromatic carbocycles. The number of carboxylic acid groups (broad SMARTS) is 1.